The van der Waals surface area contributed by atoms with Gasteiger partial charge in [-0.15, -0.1) is 10.2 Å². The maximum absolute atomic E-state index is 12.2. The molecule has 4 rings (SSSR count). The van der Waals surface area contributed by atoms with Crippen LogP contribution in [0.1, 0.15) is 11.1 Å². The molecule has 1 amide bonds. The number of carbonyl (C=O) groups is 1. The molecule has 0 aliphatic heterocycles. The zero-order chi connectivity index (χ0) is 21.3. The van der Waals surface area contributed by atoms with Crippen LogP contribution in [0, 0.1) is 0 Å². The summed E-state index contributed by atoms with van der Waals surface area (Å²) in [6.07, 6.45) is 0.727. The Morgan fingerprint density at radius 2 is 1.58 bits per heavy atom. The number of aromatic nitrogens is 4. The molecular formula is C24H23N5O2. The van der Waals surface area contributed by atoms with Crippen molar-refractivity contribution >= 4 is 5.91 Å². The lowest BCUT2D eigenvalue weighted by Crippen LogP contribution is -2.30. The number of nitrogens with zero attached hydrogens (tertiary/aromatic N) is 4. The first-order chi connectivity index (χ1) is 15.3. The second kappa shape index (κ2) is 10.2. The molecule has 0 radical (unpaired) electrons. The summed E-state index contributed by atoms with van der Waals surface area (Å²) in [5.74, 6) is 1.17. The Labute approximate surface area is 180 Å². The summed E-state index contributed by atoms with van der Waals surface area (Å²) in [6, 6.07) is 27.5. The van der Waals surface area contributed by atoms with Crippen LogP contribution >= 0.6 is 0 Å². The van der Waals surface area contributed by atoms with Crippen molar-refractivity contribution in [3.8, 4) is 17.1 Å². The highest BCUT2D eigenvalue weighted by Gasteiger charge is 2.09. The molecule has 7 heteroatoms. The molecule has 31 heavy (non-hydrogen) atoms. The average molecular weight is 413 g/mol. The van der Waals surface area contributed by atoms with E-state index in [1.54, 1.807) is 0 Å². The average Bonchev–Trinajstić information content (AvgIpc) is 3.28. The Balaban J connectivity index is 1.19. The van der Waals surface area contributed by atoms with Crippen LogP contribution < -0.4 is 10.1 Å². The van der Waals surface area contributed by atoms with Gasteiger partial charge >= 0.3 is 0 Å². The fourth-order valence-corrected chi connectivity index (χ4v) is 3.04. The molecule has 0 spiro atoms. The summed E-state index contributed by atoms with van der Waals surface area (Å²) >= 11 is 0. The van der Waals surface area contributed by atoms with Gasteiger partial charge in [0.1, 0.15) is 18.9 Å². The van der Waals surface area contributed by atoms with Gasteiger partial charge in [0.05, 0.1) is 0 Å². The summed E-state index contributed by atoms with van der Waals surface area (Å²) in [5.41, 5.74) is 3.12. The van der Waals surface area contributed by atoms with Crippen molar-refractivity contribution in [3.63, 3.8) is 0 Å². The van der Waals surface area contributed by atoms with Crippen LogP contribution in [0.3, 0.4) is 0 Å². The minimum absolute atomic E-state index is 0.0338. The van der Waals surface area contributed by atoms with Gasteiger partial charge in [-0.1, -0.05) is 72.8 Å². The number of carbonyl (C=O) groups excluding carboxylic acids is 1. The predicted octanol–water partition coefficient (Wildman–Crippen LogP) is 3.28. The van der Waals surface area contributed by atoms with Gasteiger partial charge in [-0.25, -0.2) is 0 Å². The SMILES string of the molecule is O=C(Cn1nnc(-c2ccccc2)n1)NCCc1ccc(OCc2ccccc2)cc1. The number of nitrogens with one attached hydrogen (secondary N) is 1. The number of ether oxygens (including phenoxy) is 1. The fraction of sp³-hybridized carbons (Fsp3) is 0.167. The van der Waals surface area contributed by atoms with Gasteiger partial charge in [-0.05, 0) is 34.9 Å². The number of tetrazole rings is 1. The van der Waals surface area contributed by atoms with E-state index in [4.69, 9.17) is 4.74 Å². The van der Waals surface area contributed by atoms with Crippen molar-refractivity contribution in [1.82, 2.24) is 25.5 Å². The van der Waals surface area contributed by atoms with E-state index in [9.17, 15) is 4.79 Å². The largest absolute Gasteiger partial charge is 0.489 e. The van der Waals surface area contributed by atoms with Crippen LogP contribution in [0.15, 0.2) is 84.9 Å². The predicted molar refractivity (Wildman–Crippen MR) is 117 cm³/mol. The molecule has 3 aromatic carbocycles. The molecule has 1 N–H and O–H groups in total. The van der Waals surface area contributed by atoms with Crippen molar-refractivity contribution in [2.75, 3.05) is 6.54 Å². The van der Waals surface area contributed by atoms with Gasteiger partial charge in [0.25, 0.3) is 0 Å². The van der Waals surface area contributed by atoms with Crippen molar-refractivity contribution in [2.45, 2.75) is 19.6 Å². The molecule has 0 atom stereocenters. The van der Waals surface area contributed by atoms with Crippen molar-refractivity contribution in [3.05, 3.63) is 96.1 Å². The lowest BCUT2D eigenvalue weighted by Gasteiger charge is -2.08. The first-order valence-corrected chi connectivity index (χ1v) is 10.1. The number of benzene rings is 3. The summed E-state index contributed by atoms with van der Waals surface area (Å²) in [7, 11) is 0. The zero-order valence-electron chi connectivity index (χ0n) is 17.0. The van der Waals surface area contributed by atoms with Crippen molar-refractivity contribution in [2.24, 2.45) is 0 Å². The van der Waals surface area contributed by atoms with Crippen LogP contribution in [0.2, 0.25) is 0 Å². The Kier molecular flexibility index (Phi) is 6.64. The van der Waals surface area contributed by atoms with Crippen molar-refractivity contribution < 1.29 is 9.53 Å². The van der Waals surface area contributed by atoms with Crippen LogP contribution in [0.4, 0.5) is 0 Å². The molecule has 0 fully saturated rings. The second-order valence-corrected chi connectivity index (χ2v) is 7.03. The van der Waals surface area contributed by atoms with E-state index < -0.39 is 0 Å². The number of hydrogen-bond donors (Lipinski definition) is 1. The summed E-state index contributed by atoms with van der Waals surface area (Å²) < 4.78 is 5.80. The monoisotopic (exact) mass is 413 g/mol. The summed E-state index contributed by atoms with van der Waals surface area (Å²) in [6.45, 7) is 1.11. The summed E-state index contributed by atoms with van der Waals surface area (Å²) in [5, 5.41) is 15.1. The molecule has 0 saturated heterocycles. The van der Waals surface area contributed by atoms with Crippen LogP contribution in [-0.2, 0) is 24.4 Å². The van der Waals surface area contributed by atoms with E-state index >= 15 is 0 Å². The van der Waals surface area contributed by atoms with E-state index in [1.165, 1.54) is 4.80 Å². The molecule has 0 aliphatic rings. The minimum atomic E-state index is -0.153. The number of hydrogen-bond acceptors (Lipinski definition) is 5. The van der Waals surface area contributed by atoms with Gasteiger partial charge in [0.2, 0.25) is 11.7 Å². The molecule has 0 aliphatic carbocycles. The standard InChI is InChI=1S/C24H23N5O2/c30-23(17-29-27-24(26-28-29)21-9-5-2-6-10-21)25-16-15-19-11-13-22(14-12-19)31-18-20-7-3-1-4-8-20/h1-14H,15-18H2,(H,25,30). The Bertz CT molecular complexity index is 1100. The third-order valence-corrected chi connectivity index (χ3v) is 4.68. The molecular weight excluding hydrogens is 390 g/mol. The molecule has 0 unspecified atom stereocenters. The lowest BCUT2D eigenvalue weighted by atomic mass is 10.1. The maximum Gasteiger partial charge on any atom is 0.243 e. The van der Waals surface area contributed by atoms with Crippen molar-refractivity contribution in [1.29, 1.82) is 0 Å². The highest BCUT2D eigenvalue weighted by Crippen LogP contribution is 2.14. The van der Waals surface area contributed by atoms with Gasteiger partial charge < -0.3 is 10.1 Å². The topological polar surface area (TPSA) is 81.9 Å². The molecule has 7 nitrogen and oxygen atoms in total. The quantitative estimate of drug-likeness (QED) is 0.455. The highest BCUT2D eigenvalue weighted by molar-refractivity contribution is 5.75. The molecule has 1 heterocycles. The van der Waals surface area contributed by atoms with E-state index in [2.05, 4.69) is 20.7 Å². The Morgan fingerprint density at radius 1 is 0.871 bits per heavy atom. The first-order valence-electron chi connectivity index (χ1n) is 10.1. The molecule has 156 valence electrons. The number of rotatable bonds is 9. The van der Waals surface area contributed by atoms with Gasteiger partial charge in [0.15, 0.2) is 0 Å². The first kappa shape index (κ1) is 20.3. The Hall–Kier alpha value is -4.00. The van der Waals surface area contributed by atoms with E-state index in [0.29, 0.717) is 19.0 Å². The molecule has 0 saturated carbocycles. The lowest BCUT2D eigenvalue weighted by molar-refractivity contribution is -0.122. The molecule has 4 aromatic rings. The number of amides is 1. The van der Waals surface area contributed by atoms with E-state index in [1.807, 2.05) is 84.9 Å². The van der Waals surface area contributed by atoms with Gasteiger partial charge in [-0.2, -0.15) is 4.80 Å². The third-order valence-electron chi connectivity index (χ3n) is 4.68. The normalized spacial score (nSPS) is 10.6. The van der Waals surface area contributed by atoms with Crippen LogP contribution in [0.25, 0.3) is 11.4 Å². The van der Waals surface area contributed by atoms with Gasteiger partial charge in [-0.3, -0.25) is 4.79 Å². The highest BCUT2D eigenvalue weighted by atomic mass is 16.5. The minimum Gasteiger partial charge on any atom is -0.489 e. The van der Waals surface area contributed by atoms with E-state index in [-0.39, 0.29) is 12.5 Å². The molecule has 1 aromatic heterocycles. The van der Waals surface area contributed by atoms with Gasteiger partial charge in [0, 0.05) is 12.1 Å². The Morgan fingerprint density at radius 3 is 2.32 bits per heavy atom. The second-order valence-electron chi connectivity index (χ2n) is 7.03. The maximum atomic E-state index is 12.2. The van der Waals surface area contributed by atoms with E-state index in [0.717, 1.165) is 28.9 Å². The fourth-order valence-electron chi connectivity index (χ4n) is 3.04. The zero-order valence-corrected chi connectivity index (χ0v) is 17.0. The third kappa shape index (κ3) is 5.99. The van der Waals surface area contributed by atoms with Crippen LogP contribution in [0.5, 0.6) is 5.75 Å². The molecule has 0 bridgehead atoms. The van der Waals surface area contributed by atoms with Crippen LogP contribution in [-0.4, -0.2) is 32.7 Å². The smallest absolute Gasteiger partial charge is 0.243 e. The summed E-state index contributed by atoms with van der Waals surface area (Å²) in [4.78, 5) is 13.5.